The molecule has 0 fully saturated rings. The molecule has 0 radical (unpaired) electrons. The van der Waals surface area contributed by atoms with Gasteiger partial charge in [-0.25, -0.2) is 4.79 Å². The van der Waals surface area contributed by atoms with Gasteiger partial charge < -0.3 is 15.3 Å². The van der Waals surface area contributed by atoms with E-state index in [4.69, 9.17) is 23.2 Å². The first-order chi connectivity index (χ1) is 9.97. The Bertz CT molecular complexity index is 662. The molecular weight excluding hydrogens is 311 g/mol. The van der Waals surface area contributed by atoms with Crippen LogP contribution in [0.15, 0.2) is 42.5 Å². The summed E-state index contributed by atoms with van der Waals surface area (Å²) >= 11 is 11.8. The van der Waals surface area contributed by atoms with Gasteiger partial charge in [0.05, 0.1) is 17.3 Å². The van der Waals surface area contributed by atoms with Gasteiger partial charge in [0.2, 0.25) is 0 Å². The van der Waals surface area contributed by atoms with E-state index in [0.717, 1.165) is 0 Å². The number of carbonyl (C=O) groups excluding carboxylic acids is 1. The maximum Gasteiger partial charge on any atom is 0.321 e. The van der Waals surface area contributed by atoms with Crippen molar-refractivity contribution in [1.29, 1.82) is 0 Å². The molecular formula is C15H14Cl2N2O2. The van der Waals surface area contributed by atoms with E-state index in [1.54, 1.807) is 49.5 Å². The molecule has 4 nitrogen and oxygen atoms in total. The van der Waals surface area contributed by atoms with Gasteiger partial charge in [0.25, 0.3) is 0 Å². The molecule has 0 saturated heterocycles. The van der Waals surface area contributed by atoms with Crippen molar-refractivity contribution < 1.29 is 9.90 Å². The number of nitrogens with zero attached hydrogens (tertiary/aromatic N) is 1. The Balaban J connectivity index is 2.04. The van der Waals surface area contributed by atoms with Crippen molar-refractivity contribution in [2.45, 2.75) is 6.54 Å². The molecule has 0 aliphatic rings. The van der Waals surface area contributed by atoms with E-state index >= 15 is 0 Å². The lowest BCUT2D eigenvalue weighted by molar-refractivity contribution is 0.220. The molecule has 0 heterocycles. The Kier molecular flexibility index (Phi) is 4.94. The number of rotatable bonds is 3. The second kappa shape index (κ2) is 6.70. The molecule has 0 aliphatic heterocycles. The molecule has 110 valence electrons. The fourth-order valence-corrected chi connectivity index (χ4v) is 2.23. The summed E-state index contributed by atoms with van der Waals surface area (Å²) in [4.78, 5) is 13.6. The summed E-state index contributed by atoms with van der Waals surface area (Å²) in [6.45, 7) is 0.281. The Morgan fingerprint density at radius 1 is 1.24 bits per heavy atom. The maximum absolute atomic E-state index is 12.1. The van der Waals surface area contributed by atoms with Crippen LogP contribution in [0.3, 0.4) is 0 Å². The summed E-state index contributed by atoms with van der Waals surface area (Å²) in [6.07, 6.45) is 0. The zero-order valence-electron chi connectivity index (χ0n) is 11.3. The highest BCUT2D eigenvalue weighted by molar-refractivity contribution is 6.36. The largest absolute Gasteiger partial charge is 0.508 e. The summed E-state index contributed by atoms with van der Waals surface area (Å²) in [5.74, 6) is 0.154. The van der Waals surface area contributed by atoms with Crippen molar-refractivity contribution in [2.75, 3.05) is 12.4 Å². The van der Waals surface area contributed by atoms with Gasteiger partial charge in [-0.05, 0) is 24.3 Å². The quantitative estimate of drug-likeness (QED) is 0.881. The standard InChI is InChI=1S/C15H14Cl2N2O2/c1-19(9-10-4-2-3-5-14(10)20)15(21)18-13-7-6-11(16)8-12(13)17/h2-8,20H,9H2,1H3,(H,18,21). The Labute approximate surface area is 132 Å². The Morgan fingerprint density at radius 3 is 2.62 bits per heavy atom. The number of amides is 2. The second-order valence-electron chi connectivity index (χ2n) is 4.54. The first kappa shape index (κ1) is 15.5. The zero-order chi connectivity index (χ0) is 15.4. The van der Waals surface area contributed by atoms with Crippen LogP contribution in [0.4, 0.5) is 10.5 Å². The average molecular weight is 325 g/mol. The second-order valence-corrected chi connectivity index (χ2v) is 5.38. The van der Waals surface area contributed by atoms with Gasteiger partial charge >= 0.3 is 6.03 Å². The molecule has 0 unspecified atom stereocenters. The van der Waals surface area contributed by atoms with Gasteiger partial charge in [-0.15, -0.1) is 0 Å². The predicted molar refractivity (Wildman–Crippen MR) is 85.1 cm³/mol. The van der Waals surface area contributed by atoms with Gasteiger partial charge in [-0.3, -0.25) is 0 Å². The van der Waals surface area contributed by atoms with Crippen LogP contribution in [0.25, 0.3) is 0 Å². The molecule has 0 aromatic heterocycles. The number of anilines is 1. The van der Waals surface area contributed by atoms with Crippen molar-refractivity contribution in [3.8, 4) is 5.75 Å². The average Bonchev–Trinajstić information content (AvgIpc) is 2.44. The van der Waals surface area contributed by atoms with Crippen LogP contribution in [0.2, 0.25) is 10.0 Å². The van der Waals surface area contributed by atoms with E-state index in [2.05, 4.69) is 5.32 Å². The third-order valence-corrected chi connectivity index (χ3v) is 3.47. The van der Waals surface area contributed by atoms with E-state index < -0.39 is 0 Å². The highest BCUT2D eigenvalue weighted by atomic mass is 35.5. The van der Waals surface area contributed by atoms with Crippen molar-refractivity contribution in [3.63, 3.8) is 0 Å². The van der Waals surface area contributed by atoms with Crippen LogP contribution in [0.1, 0.15) is 5.56 Å². The van der Waals surface area contributed by atoms with Crippen LogP contribution in [-0.4, -0.2) is 23.1 Å². The van der Waals surface area contributed by atoms with Crippen molar-refractivity contribution in [3.05, 3.63) is 58.1 Å². The number of urea groups is 1. The number of aromatic hydroxyl groups is 1. The van der Waals surface area contributed by atoms with Gasteiger partial charge in [0, 0.05) is 17.6 Å². The molecule has 0 atom stereocenters. The lowest BCUT2D eigenvalue weighted by Gasteiger charge is -2.19. The van der Waals surface area contributed by atoms with E-state index in [-0.39, 0.29) is 18.3 Å². The lowest BCUT2D eigenvalue weighted by Crippen LogP contribution is -2.30. The first-order valence-electron chi connectivity index (χ1n) is 6.21. The van der Waals surface area contributed by atoms with E-state index in [9.17, 15) is 9.90 Å². The fourth-order valence-electron chi connectivity index (χ4n) is 1.77. The fraction of sp³-hybridized carbons (Fsp3) is 0.133. The van der Waals surface area contributed by atoms with Crippen molar-refractivity contribution in [2.24, 2.45) is 0 Å². The number of carbonyl (C=O) groups is 1. The molecule has 6 heteroatoms. The smallest absolute Gasteiger partial charge is 0.321 e. The number of benzene rings is 2. The van der Waals surface area contributed by atoms with Gasteiger partial charge in [0.1, 0.15) is 5.75 Å². The summed E-state index contributed by atoms with van der Waals surface area (Å²) in [5.41, 5.74) is 1.15. The molecule has 21 heavy (non-hydrogen) atoms. The summed E-state index contributed by atoms with van der Waals surface area (Å²) in [5, 5.41) is 13.3. The predicted octanol–water partition coefficient (Wildman–Crippen LogP) is 4.36. The number of phenolic OH excluding ortho intramolecular Hbond substituents is 1. The van der Waals surface area contributed by atoms with Gasteiger partial charge in [-0.2, -0.15) is 0 Å². The Morgan fingerprint density at radius 2 is 1.95 bits per heavy atom. The topological polar surface area (TPSA) is 52.6 Å². The van der Waals surface area contributed by atoms with Crippen LogP contribution in [0, 0.1) is 0 Å². The number of phenols is 1. The molecule has 2 amide bonds. The number of hydrogen-bond donors (Lipinski definition) is 2. The highest BCUT2D eigenvalue weighted by Gasteiger charge is 2.12. The summed E-state index contributed by atoms with van der Waals surface area (Å²) in [6, 6.07) is 11.4. The molecule has 2 N–H and O–H groups in total. The number of halogens is 2. The van der Waals surface area contributed by atoms with Crippen molar-refractivity contribution >= 4 is 34.9 Å². The normalized spacial score (nSPS) is 10.2. The van der Waals surface area contributed by atoms with Gasteiger partial charge in [-0.1, -0.05) is 41.4 Å². The number of hydrogen-bond acceptors (Lipinski definition) is 2. The zero-order valence-corrected chi connectivity index (χ0v) is 12.8. The molecule has 2 aromatic rings. The van der Waals surface area contributed by atoms with E-state index in [0.29, 0.717) is 21.3 Å². The van der Waals surface area contributed by atoms with Crippen LogP contribution in [0.5, 0.6) is 5.75 Å². The van der Waals surface area contributed by atoms with Gasteiger partial charge in [0.15, 0.2) is 0 Å². The van der Waals surface area contributed by atoms with Crippen LogP contribution >= 0.6 is 23.2 Å². The summed E-state index contributed by atoms with van der Waals surface area (Å²) < 4.78 is 0. The number of nitrogens with one attached hydrogen (secondary N) is 1. The molecule has 0 aliphatic carbocycles. The minimum absolute atomic E-state index is 0.154. The van der Waals surface area contributed by atoms with E-state index in [1.165, 1.54) is 4.90 Å². The SMILES string of the molecule is CN(Cc1ccccc1O)C(=O)Nc1ccc(Cl)cc1Cl. The third kappa shape index (κ3) is 4.03. The molecule has 0 saturated carbocycles. The molecule has 2 rings (SSSR count). The minimum atomic E-state index is -0.331. The minimum Gasteiger partial charge on any atom is -0.508 e. The molecule has 2 aromatic carbocycles. The van der Waals surface area contributed by atoms with E-state index in [1.807, 2.05) is 0 Å². The van der Waals surface area contributed by atoms with Crippen LogP contribution in [-0.2, 0) is 6.54 Å². The molecule has 0 spiro atoms. The monoisotopic (exact) mass is 324 g/mol. The Hall–Kier alpha value is -1.91. The molecule has 0 bridgehead atoms. The van der Waals surface area contributed by atoms with Crippen molar-refractivity contribution in [1.82, 2.24) is 4.90 Å². The lowest BCUT2D eigenvalue weighted by atomic mass is 10.2. The summed E-state index contributed by atoms with van der Waals surface area (Å²) in [7, 11) is 1.63. The third-order valence-electron chi connectivity index (χ3n) is 2.92. The maximum atomic E-state index is 12.1. The first-order valence-corrected chi connectivity index (χ1v) is 6.97. The highest BCUT2D eigenvalue weighted by Crippen LogP contribution is 2.26. The van der Waals surface area contributed by atoms with Crippen LogP contribution < -0.4 is 5.32 Å². The number of para-hydroxylation sites is 1.